The lowest BCUT2D eigenvalue weighted by atomic mass is 9.66. The molecule has 1 atom stereocenters. The van der Waals surface area contributed by atoms with Crippen molar-refractivity contribution in [3.05, 3.63) is 35.9 Å². The highest BCUT2D eigenvalue weighted by molar-refractivity contribution is 6.01. The fourth-order valence-corrected chi connectivity index (χ4v) is 3.29. The summed E-state index contributed by atoms with van der Waals surface area (Å²) < 4.78 is 20.5. The monoisotopic (exact) mass is 333 g/mol. The minimum atomic E-state index is -1.44. The number of methoxy groups -OCH3 is 4. The van der Waals surface area contributed by atoms with Crippen LogP contribution in [-0.2, 0) is 25.5 Å². The minimum absolute atomic E-state index is 0.132. The first-order chi connectivity index (χ1) is 11.5. The first-order valence-electron chi connectivity index (χ1n) is 7.41. The van der Waals surface area contributed by atoms with E-state index in [1.54, 1.807) is 19.2 Å². The van der Waals surface area contributed by atoms with Crippen molar-refractivity contribution in [1.82, 2.24) is 0 Å². The van der Waals surface area contributed by atoms with E-state index in [2.05, 4.69) is 12.7 Å². The summed E-state index contributed by atoms with van der Waals surface area (Å²) in [6.07, 6.45) is 3.19. The highest BCUT2D eigenvalue weighted by atomic mass is 16.5. The maximum atomic E-state index is 12.4. The van der Waals surface area contributed by atoms with Crippen molar-refractivity contribution in [1.29, 1.82) is 0 Å². The summed E-state index contributed by atoms with van der Waals surface area (Å²) in [5.41, 5.74) is 0.148. The predicted octanol–water partition coefficient (Wildman–Crippen LogP) is 2.06. The van der Waals surface area contributed by atoms with Crippen molar-refractivity contribution in [2.45, 2.75) is 18.8 Å². The molecule has 6 nitrogen and oxygen atoms in total. The number of allylic oxidation sites excluding steroid dienone is 1. The van der Waals surface area contributed by atoms with Crippen molar-refractivity contribution in [3.8, 4) is 11.5 Å². The highest BCUT2D eigenvalue weighted by Crippen LogP contribution is 2.48. The lowest BCUT2D eigenvalue weighted by molar-refractivity contribution is -0.170. The van der Waals surface area contributed by atoms with Gasteiger partial charge in [-0.15, -0.1) is 0 Å². The van der Waals surface area contributed by atoms with Gasteiger partial charge in [0, 0.05) is 17.5 Å². The van der Waals surface area contributed by atoms with Crippen LogP contribution in [0, 0.1) is 11.5 Å². The third-order valence-electron chi connectivity index (χ3n) is 4.45. The number of carbonyl (C=O) groups excluding carboxylic acids is 2. The molecule has 2 rings (SSSR count). The molecule has 0 aromatic heterocycles. The zero-order valence-corrected chi connectivity index (χ0v) is 14.3. The zero-order chi connectivity index (χ0) is 17.9. The van der Waals surface area contributed by atoms with Gasteiger partial charge in [0.25, 0.3) is 0 Å². The number of benzene rings is 1. The molecule has 6 heteroatoms. The second-order valence-corrected chi connectivity index (χ2v) is 5.61. The molecule has 1 aliphatic carbocycles. The van der Waals surface area contributed by atoms with Gasteiger partial charge in [-0.25, -0.2) is 0 Å². The molecule has 0 amide bonds. The van der Waals surface area contributed by atoms with Crippen LogP contribution in [0.25, 0.3) is 0 Å². The van der Waals surface area contributed by atoms with Gasteiger partial charge in [-0.3, -0.25) is 9.59 Å². The number of esters is 2. The maximum Gasteiger partial charge on any atom is 0.323 e. The van der Waals surface area contributed by atoms with Crippen LogP contribution in [0.15, 0.2) is 18.7 Å². The summed E-state index contributed by atoms with van der Waals surface area (Å²) in [6.45, 7) is 3.72. The Morgan fingerprint density at radius 2 is 1.75 bits per heavy atom. The molecule has 129 valence electrons. The highest BCUT2D eigenvalue weighted by Gasteiger charge is 2.53. The summed E-state index contributed by atoms with van der Waals surface area (Å²) in [4.78, 5) is 24.9. The molecule has 1 radical (unpaired) electrons. The normalized spacial score (nSPS) is 18.1. The lowest BCUT2D eigenvalue weighted by Crippen LogP contribution is -2.46. The Hall–Kier alpha value is -2.50. The van der Waals surface area contributed by atoms with E-state index in [9.17, 15) is 9.59 Å². The summed E-state index contributed by atoms with van der Waals surface area (Å²) in [5, 5.41) is 0. The van der Waals surface area contributed by atoms with Crippen molar-refractivity contribution in [2.24, 2.45) is 5.41 Å². The van der Waals surface area contributed by atoms with E-state index in [1.165, 1.54) is 21.3 Å². The summed E-state index contributed by atoms with van der Waals surface area (Å²) in [5.74, 6) is -0.482. The molecular weight excluding hydrogens is 312 g/mol. The fraction of sp³-hybridized carbons (Fsp3) is 0.444. The molecular formula is C18H21O6. The Kier molecular flexibility index (Phi) is 5.17. The van der Waals surface area contributed by atoms with Crippen molar-refractivity contribution < 1.29 is 28.5 Å². The lowest BCUT2D eigenvalue weighted by Gasteiger charge is -2.37. The van der Waals surface area contributed by atoms with Gasteiger partial charge in [0.15, 0.2) is 5.41 Å². The van der Waals surface area contributed by atoms with Gasteiger partial charge in [0.05, 0.1) is 28.4 Å². The molecule has 1 aromatic carbocycles. The Bertz CT molecular complexity index is 648. The predicted molar refractivity (Wildman–Crippen MR) is 85.9 cm³/mol. The SMILES string of the molecule is C=[C]C1CC(C(=O)OC)(C(=O)OC)Cc2cc(OC)cc(OC)c21. The van der Waals surface area contributed by atoms with E-state index < -0.39 is 17.4 Å². The third kappa shape index (κ3) is 2.72. The Morgan fingerprint density at radius 3 is 2.21 bits per heavy atom. The van der Waals surface area contributed by atoms with Crippen molar-refractivity contribution >= 4 is 11.9 Å². The quantitative estimate of drug-likeness (QED) is 0.607. The fourth-order valence-electron chi connectivity index (χ4n) is 3.29. The number of carbonyl (C=O) groups is 2. The van der Waals surface area contributed by atoms with Crippen LogP contribution in [0.5, 0.6) is 11.5 Å². The summed E-state index contributed by atoms with van der Waals surface area (Å²) >= 11 is 0. The van der Waals surface area contributed by atoms with E-state index in [-0.39, 0.29) is 18.8 Å². The second-order valence-electron chi connectivity index (χ2n) is 5.61. The Balaban J connectivity index is 2.68. The average molecular weight is 333 g/mol. The van der Waals surface area contributed by atoms with Gasteiger partial charge >= 0.3 is 11.9 Å². The van der Waals surface area contributed by atoms with Gasteiger partial charge in [-0.2, -0.15) is 0 Å². The van der Waals surface area contributed by atoms with E-state index in [4.69, 9.17) is 18.9 Å². The van der Waals surface area contributed by atoms with Gasteiger partial charge in [-0.05, 0) is 30.5 Å². The molecule has 0 N–H and O–H groups in total. The second kappa shape index (κ2) is 6.95. The average Bonchev–Trinajstić information content (AvgIpc) is 2.64. The number of fused-ring (bicyclic) bond motifs is 1. The van der Waals surface area contributed by atoms with E-state index in [1.807, 2.05) is 0 Å². The molecule has 0 heterocycles. The largest absolute Gasteiger partial charge is 0.497 e. The van der Waals surface area contributed by atoms with Crippen LogP contribution in [0.2, 0.25) is 0 Å². The number of ether oxygens (including phenoxy) is 4. The molecule has 0 saturated heterocycles. The van der Waals surface area contributed by atoms with Crippen LogP contribution >= 0.6 is 0 Å². The molecule has 1 aliphatic rings. The smallest absolute Gasteiger partial charge is 0.323 e. The Labute approximate surface area is 141 Å². The molecule has 1 aromatic rings. The standard InChI is InChI=1S/C18H21O6/c1-6-11-9-18(16(19)23-4,17(20)24-5)10-12-7-13(21-2)8-14(22-3)15(11)12/h7-8,11H,1,9-10H2,2-5H3. The molecule has 0 fully saturated rings. The number of hydrogen-bond donors (Lipinski definition) is 0. The van der Waals surface area contributed by atoms with Gasteiger partial charge in [-0.1, -0.05) is 6.58 Å². The van der Waals surface area contributed by atoms with Gasteiger partial charge < -0.3 is 18.9 Å². The van der Waals surface area contributed by atoms with E-state index >= 15 is 0 Å². The van der Waals surface area contributed by atoms with Crippen LogP contribution in [-0.4, -0.2) is 40.4 Å². The van der Waals surface area contributed by atoms with E-state index in [0.29, 0.717) is 11.5 Å². The molecule has 1 unspecified atom stereocenters. The van der Waals surface area contributed by atoms with Crippen molar-refractivity contribution in [3.63, 3.8) is 0 Å². The molecule has 0 saturated carbocycles. The molecule has 24 heavy (non-hydrogen) atoms. The maximum absolute atomic E-state index is 12.4. The van der Waals surface area contributed by atoms with Crippen LogP contribution < -0.4 is 9.47 Å². The van der Waals surface area contributed by atoms with Crippen molar-refractivity contribution in [2.75, 3.05) is 28.4 Å². The third-order valence-corrected chi connectivity index (χ3v) is 4.45. The summed E-state index contributed by atoms with van der Waals surface area (Å²) in [7, 11) is 5.59. The first-order valence-corrected chi connectivity index (χ1v) is 7.41. The summed E-state index contributed by atoms with van der Waals surface area (Å²) in [6, 6.07) is 3.54. The molecule has 0 spiro atoms. The molecule has 0 bridgehead atoms. The van der Waals surface area contributed by atoms with Gasteiger partial charge in [0.1, 0.15) is 11.5 Å². The van der Waals surface area contributed by atoms with Crippen LogP contribution in [0.3, 0.4) is 0 Å². The number of rotatable bonds is 5. The van der Waals surface area contributed by atoms with Crippen LogP contribution in [0.4, 0.5) is 0 Å². The minimum Gasteiger partial charge on any atom is -0.497 e. The zero-order valence-electron chi connectivity index (χ0n) is 14.3. The molecule has 0 aliphatic heterocycles. The van der Waals surface area contributed by atoms with Crippen LogP contribution in [0.1, 0.15) is 23.5 Å². The Morgan fingerprint density at radius 1 is 1.12 bits per heavy atom. The van der Waals surface area contributed by atoms with Gasteiger partial charge in [0.2, 0.25) is 0 Å². The topological polar surface area (TPSA) is 71.1 Å². The first kappa shape index (κ1) is 17.8. The van der Waals surface area contributed by atoms with E-state index in [0.717, 1.165) is 11.1 Å². The number of hydrogen-bond acceptors (Lipinski definition) is 6.